The van der Waals surface area contributed by atoms with Crippen LogP contribution in [0.25, 0.3) is 11.4 Å². The number of anilines is 1. The molecule has 2 N–H and O–H groups in total. The van der Waals surface area contributed by atoms with Gasteiger partial charge in [-0.25, -0.2) is 4.98 Å². The molecule has 5 heteroatoms. The standard InChI is InChI=1S/C18H18N4O/c1-12(14-6-4-3-5-7-14)18(23)20-16-10-8-15(9-11-16)17-19-13(2)21-22-17/h3-12H,1-2H3,(H,20,23)(H,19,21,22). The van der Waals surface area contributed by atoms with E-state index in [1.807, 2.05) is 68.4 Å². The molecule has 1 unspecified atom stereocenters. The SMILES string of the molecule is Cc1nc(-c2ccc(NC(=O)C(C)c3ccccc3)cc2)n[nH]1. The van der Waals surface area contributed by atoms with Gasteiger partial charge >= 0.3 is 0 Å². The number of hydrogen-bond acceptors (Lipinski definition) is 3. The summed E-state index contributed by atoms with van der Waals surface area (Å²) in [5.74, 6) is 1.19. The highest BCUT2D eigenvalue weighted by molar-refractivity contribution is 5.95. The molecule has 3 aromatic rings. The van der Waals surface area contributed by atoms with Crippen LogP contribution in [0.3, 0.4) is 0 Å². The topological polar surface area (TPSA) is 70.7 Å². The molecule has 0 spiro atoms. The summed E-state index contributed by atoms with van der Waals surface area (Å²) in [6.07, 6.45) is 0. The molecule has 0 saturated carbocycles. The third kappa shape index (κ3) is 3.45. The Morgan fingerprint density at radius 2 is 1.78 bits per heavy atom. The fourth-order valence-electron chi connectivity index (χ4n) is 2.32. The Bertz CT molecular complexity index is 793. The van der Waals surface area contributed by atoms with Crippen molar-refractivity contribution >= 4 is 11.6 Å². The van der Waals surface area contributed by atoms with Crippen molar-refractivity contribution in [1.82, 2.24) is 15.2 Å². The number of amides is 1. The largest absolute Gasteiger partial charge is 0.326 e. The normalized spacial score (nSPS) is 11.9. The van der Waals surface area contributed by atoms with E-state index in [1.165, 1.54) is 0 Å². The lowest BCUT2D eigenvalue weighted by molar-refractivity contribution is -0.117. The van der Waals surface area contributed by atoms with Crippen LogP contribution in [0.5, 0.6) is 0 Å². The molecule has 3 rings (SSSR count). The Kier molecular flexibility index (Phi) is 4.19. The van der Waals surface area contributed by atoms with Gasteiger partial charge in [0.2, 0.25) is 5.91 Å². The van der Waals surface area contributed by atoms with E-state index in [0.717, 1.165) is 22.6 Å². The Morgan fingerprint density at radius 1 is 1.09 bits per heavy atom. The molecule has 5 nitrogen and oxygen atoms in total. The summed E-state index contributed by atoms with van der Waals surface area (Å²) < 4.78 is 0. The summed E-state index contributed by atoms with van der Waals surface area (Å²) >= 11 is 0. The van der Waals surface area contributed by atoms with Crippen molar-refractivity contribution in [3.63, 3.8) is 0 Å². The van der Waals surface area contributed by atoms with Gasteiger partial charge in [0, 0.05) is 11.3 Å². The molecule has 0 fully saturated rings. The van der Waals surface area contributed by atoms with Gasteiger partial charge in [-0.3, -0.25) is 9.89 Å². The van der Waals surface area contributed by atoms with Crippen LogP contribution in [-0.4, -0.2) is 21.1 Å². The summed E-state index contributed by atoms with van der Waals surface area (Å²) in [5.41, 5.74) is 2.66. The van der Waals surface area contributed by atoms with Crippen LogP contribution >= 0.6 is 0 Å². The quantitative estimate of drug-likeness (QED) is 0.774. The van der Waals surface area contributed by atoms with Crippen molar-refractivity contribution in [1.29, 1.82) is 0 Å². The zero-order valence-electron chi connectivity index (χ0n) is 13.1. The molecule has 116 valence electrons. The minimum Gasteiger partial charge on any atom is -0.326 e. The average Bonchev–Trinajstić information content (AvgIpc) is 3.02. The molecule has 1 heterocycles. The van der Waals surface area contributed by atoms with E-state index >= 15 is 0 Å². The molecule has 2 aromatic carbocycles. The average molecular weight is 306 g/mol. The van der Waals surface area contributed by atoms with Gasteiger partial charge in [-0.1, -0.05) is 30.3 Å². The van der Waals surface area contributed by atoms with Gasteiger partial charge in [-0.2, -0.15) is 5.10 Å². The number of rotatable bonds is 4. The van der Waals surface area contributed by atoms with Crippen LogP contribution in [0.2, 0.25) is 0 Å². The fraction of sp³-hybridized carbons (Fsp3) is 0.167. The van der Waals surface area contributed by atoms with E-state index in [0.29, 0.717) is 5.82 Å². The van der Waals surface area contributed by atoms with Crippen molar-refractivity contribution in [3.8, 4) is 11.4 Å². The van der Waals surface area contributed by atoms with Crippen LogP contribution < -0.4 is 5.32 Å². The highest BCUT2D eigenvalue weighted by Gasteiger charge is 2.15. The highest BCUT2D eigenvalue weighted by atomic mass is 16.1. The van der Waals surface area contributed by atoms with E-state index in [1.54, 1.807) is 0 Å². The maximum absolute atomic E-state index is 12.3. The van der Waals surface area contributed by atoms with Crippen LogP contribution in [-0.2, 0) is 4.79 Å². The number of aromatic nitrogens is 3. The number of aryl methyl sites for hydroxylation is 1. The van der Waals surface area contributed by atoms with Gasteiger partial charge in [-0.05, 0) is 43.7 Å². The van der Waals surface area contributed by atoms with Crippen LogP contribution in [0.4, 0.5) is 5.69 Å². The maximum Gasteiger partial charge on any atom is 0.231 e. The van der Waals surface area contributed by atoms with Gasteiger partial charge in [0.1, 0.15) is 5.82 Å². The second-order valence-corrected chi connectivity index (χ2v) is 5.44. The minimum atomic E-state index is -0.202. The molecule has 0 aliphatic rings. The number of hydrogen-bond donors (Lipinski definition) is 2. The molecule has 1 amide bonds. The van der Waals surface area contributed by atoms with Crippen molar-refractivity contribution in [2.45, 2.75) is 19.8 Å². The van der Waals surface area contributed by atoms with Gasteiger partial charge in [0.25, 0.3) is 0 Å². The molecule has 0 aliphatic carbocycles. The highest BCUT2D eigenvalue weighted by Crippen LogP contribution is 2.20. The maximum atomic E-state index is 12.3. The van der Waals surface area contributed by atoms with E-state index < -0.39 is 0 Å². The Labute approximate surface area is 134 Å². The summed E-state index contributed by atoms with van der Waals surface area (Å²) in [6.45, 7) is 3.76. The van der Waals surface area contributed by atoms with Crippen molar-refractivity contribution in [2.75, 3.05) is 5.32 Å². The first kappa shape index (κ1) is 15.0. The van der Waals surface area contributed by atoms with E-state index in [2.05, 4.69) is 20.5 Å². The molecule has 0 aliphatic heterocycles. The van der Waals surface area contributed by atoms with E-state index in [4.69, 9.17) is 0 Å². The summed E-state index contributed by atoms with van der Waals surface area (Å²) in [6, 6.07) is 17.2. The number of benzene rings is 2. The van der Waals surface area contributed by atoms with Crippen LogP contribution in [0.15, 0.2) is 54.6 Å². The zero-order chi connectivity index (χ0) is 16.2. The molecule has 0 saturated heterocycles. The number of carbonyl (C=O) groups excluding carboxylic acids is 1. The number of nitrogens with zero attached hydrogens (tertiary/aromatic N) is 2. The summed E-state index contributed by atoms with van der Waals surface area (Å²) in [5, 5.41) is 9.87. The zero-order valence-corrected chi connectivity index (χ0v) is 13.1. The first-order valence-corrected chi connectivity index (χ1v) is 7.49. The lowest BCUT2D eigenvalue weighted by Gasteiger charge is -2.12. The minimum absolute atomic E-state index is 0.0299. The molecule has 23 heavy (non-hydrogen) atoms. The lowest BCUT2D eigenvalue weighted by atomic mass is 10.0. The monoisotopic (exact) mass is 306 g/mol. The molecular weight excluding hydrogens is 288 g/mol. The van der Waals surface area contributed by atoms with Crippen molar-refractivity contribution in [2.24, 2.45) is 0 Å². The summed E-state index contributed by atoms with van der Waals surface area (Å²) in [7, 11) is 0. The molecule has 0 bridgehead atoms. The first-order valence-electron chi connectivity index (χ1n) is 7.49. The van der Waals surface area contributed by atoms with Crippen LogP contribution in [0.1, 0.15) is 24.2 Å². The van der Waals surface area contributed by atoms with Gasteiger partial charge in [0.05, 0.1) is 5.92 Å². The predicted molar refractivity (Wildman–Crippen MR) is 90.0 cm³/mol. The Balaban J connectivity index is 1.69. The van der Waals surface area contributed by atoms with Gasteiger partial charge in [0.15, 0.2) is 5.82 Å². The van der Waals surface area contributed by atoms with E-state index in [9.17, 15) is 4.79 Å². The smallest absolute Gasteiger partial charge is 0.231 e. The van der Waals surface area contributed by atoms with E-state index in [-0.39, 0.29) is 11.8 Å². The number of H-pyrrole nitrogens is 1. The second-order valence-electron chi connectivity index (χ2n) is 5.44. The number of aromatic amines is 1. The van der Waals surface area contributed by atoms with Crippen LogP contribution in [0, 0.1) is 6.92 Å². The van der Waals surface area contributed by atoms with Gasteiger partial charge < -0.3 is 5.32 Å². The third-order valence-corrected chi connectivity index (χ3v) is 3.70. The fourth-order valence-corrected chi connectivity index (χ4v) is 2.32. The van der Waals surface area contributed by atoms with Crippen molar-refractivity contribution < 1.29 is 4.79 Å². The Hall–Kier alpha value is -2.95. The lowest BCUT2D eigenvalue weighted by Crippen LogP contribution is -2.18. The van der Waals surface area contributed by atoms with Crippen molar-refractivity contribution in [3.05, 3.63) is 66.0 Å². The number of carbonyl (C=O) groups is 1. The molecule has 1 aromatic heterocycles. The molecule has 1 atom stereocenters. The molecular formula is C18H18N4O. The predicted octanol–water partition coefficient (Wildman–Crippen LogP) is 3.52. The summed E-state index contributed by atoms with van der Waals surface area (Å²) in [4.78, 5) is 16.6. The third-order valence-electron chi connectivity index (χ3n) is 3.70. The first-order chi connectivity index (χ1) is 11.1. The molecule has 0 radical (unpaired) electrons. The Morgan fingerprint density at radius 3 is 2.39 bits per heavy atom. The van der Waals surface area contributed by atoms with Gasteiger partial charge in [-0.15, -0.1) is 0 Å². The number of nitrogens with one attached hydrogen (secondary N) is 2. The second kappa shape index (κ2) is 6.44.